The van der Waals surface area contributed by atoms with Crippen molar-refractivity contribution in [1.82, 2.24) is 0 Å². The van der Waals surface area contributed by atoms with E-state index in [0.29, 0.717) is 6.61 Å². The molecule has 0 spiro atoms. The van der Waals surface area contributed by atoms with Gasteiger partial charge in [-0.3, -0.25) is 0 Å². The Bertz CT molecular complexity index is 706. The molecule has 25 heavy (non-hydrogen) atoms. The van der Waals surface area contributed by atoms with Gasteiger partial charge in [-0.25, -0.2) is 0 Å². The number of hydrogen-bond donors (Lipinski definition) is 0. The van der Waals surface area contributed by atoms with Crippen LogP contribution < -0.4 is 10.2 Å². The predicted molar refractivity (Wildman–Crippen MR) is 102 cm³/mol. The van der Waals surface area contributed by atoms with Crippen molar-refractivity contribution in [1.29, 1.82) is 0 Å². The molecule has 0 bridgehead atoms. The Morgan fingerprint density at radius 3 is 2.12 bits per heavy atom. The first-order valence-electron chi connectivity index (χ1n) is 8.97. The fourth-order valence-electron chi connectivity index (χ4n) is 2.80. The fourth-order valence-corrected chi connectivity index (χ4v) is 2.80. The van der Waals surface area contributed by atoms with Crippen LogP contribution in [0.3, 0.4) is 0 Å². The molecule has 0 N–H and O–H groups in total. The second-order valence-electron chi connectivity index (χ2n) is 7.62. The standard InChI is InChI=1S/C21H27BO3/c1-6-16-10-12-19(13-11-16)23-15-17-8-7-9-18(14-17)22-24-20(2,3)21(4,5)25-22/h7-14H,6,15H2,1-5H3. The molecule has 1 fully saturated rings. The van der Waals surface area contributed by atoms with E-state index in [1.807, 2.05) is 24.3 Å². The molecule has 0 aliphatic carbocycles. The minimum atomic E-state index is -0.339. The molecule has 3 rings (SSSR count). The highest BCUT2D eigenvalue weighted by molar-refractivity contribution is 6.62. The van der Waals surface area contributed by atoms with E-state index in [9.17, 15) is 0 Å². The van der Waals surface area contributed by atoms with Gasteiger partial charge in [0.1, 0.15) is 12.4 Å². The zero-order chi connectivity index (χ0) is 18.1. The summed E-state index contributed by atoms with van der Waals surface area (Å²) in [6.07, 6.45) is 1.04. The minimum Gasteiger partial charge on any atom is -0.489 e. The Kier molecular flexibility index (Phi) is 4.94. The van der Waals surface area contributed by atoms with Crippen LogP contribution in [-0.4, -0.2) is 18.3 Å². The summed E-state index contributed by atoms with van der Waals surface area (Å²) in [5.74, 6) is 0.887. The highest BCUT2D eigenvalue weighted by Gasteiger charge is 2.51. The Balaban J connectivity index is 1.67. The van der Waals surface area contributed by atoms with Crippen LogP contribution in [0, 0.1) is 0 Å². The van der Waals surface area contributed by atoms with Gasteiger partial charge in [0, 0.05) is 0 Å². The monoisotopic (exact) mass is 338 g/mol. The van der Waals surface area contributed by atoms with Crippen molar-refractivity contribution in [2.75, 3.05) is 0 Å². The van der Waals surface area contributed by atoms with Gasteiger partial charge >= 0.3 is 7.12 Å². The first-order chi connectivity index (χ1) is 11.8. The molecule has 0 amide bonds. The lowest BCUT2D eigenvalue weighted by Crippen LogP contribution is -2.41. The topological polar surface area (TPSA) is 27.7 Å². The van der Waals surface area contributed by atoms with E-state index in [0.717, 1.165) is 23.2 Å². The Labute approximate surface area is 151 Å². The van der Waals surface area contributed by atoms with Crippen LogP contribution in [-0.2, 0) is 22.3 Å². The number of rotatable bonds is 5. The van der Waals surface area contributed by atoms with E-state index in [4.69, 9.17) is 14.0 Å². The van der Waals surface area contributed by atoms with Gasteiger partial charge in [-0.15, -0.1) is 0 Å². The SMILES string of the molecule is CCc1ccc(OCc2cccc(B3OC(C)(C)C(C)(C)O3)c2)cc1. The van der Waals surface area contributed by atoms with Gasteiger partial charge in [-0.1, -0.05) is 43.3 Å². The Morgan fingerprint density at radius 1 is 0.880 bits per heavy atom. The first-order valence-corrected chi connectivity index (χ1v) is 8.97. The molecule has 0 aromatic heterocycles. The first kappa shape index (κ1) is 18.0. The van der Waals surface area contributed by atoms with E-state index < -0.39 is 0 Å². The molecule has 1 aliphatic heterocycles. The molecule has 1 aliphatic rings. The lowest BCUT2D eigenvalue weighted by Gasteiger charge is -2.32. The molecule has 0 radical (unpaired) electrons. The van der Waals surface area contributed by atoms with Crippen LogP contribution in [0.2, 0.25) is 0 Å². The Morgan fingerprint density at radius 2 is 1.52 bits per heavy atom. The third kappa shape index (κ3) is 3.91. The lowest BCUT2D eigenvalue weighted by atomic mass is 9.78. The summed E-state index contributed by atoms with van der Waals surface area (Å²) in [4.78, 5) is 0. The maximum absolute atomic E-state index is 6.13. The average molecular weight is 338 g/mol. The van der Waals surface area contributed by atoms with E-state index in [-0.39, 0.29) is 18.3 Å². The number of hydrogen-bond acceptors (Lipinski definition) is 3. The normalized spacial score (nSPS) is 18.4. The van der Waals surface area contributed by atoms with Crippen LogP contribution >= 0.6 is 0 Å². The van der Waals surface area contributed by atoms with Gasteiger partial charge in [-0.05, 0) is 62.8 Å². The van der Waals surface area contributed by atoms with Gasteiger partial charge in [0.2, 0.25) is 0 Å². The van der Waals surface area contributed by atoms with Crippen LogP contribution in [0.25, 0.3) is 0 Å². The van der Waals surface area contributed by atoms with Crippen LogP contribution in [0.5, 0.6) is 5.75 Å². The largest absolute Gasteiger partial charge is 0.494 e. The average Bonchev–Trinajstić information content (AvgIpc) is 2.81. The van der Waals surface area contributed by atoms with Crippen molar-refractivity contribution in [3.8, 4) is 5.75 Å². The molecule has 3 nitrogen and oxygen atoms in total. The van der Waals surface area contributed by atoms with Gasteiger partial charge in [0.25, 0.3) is 0 Å². The van der Waals surface area contributed by atoms with E-state index in [1.54, 1.807) is 0 Å². The summed E-state index contributed by atoms with van der Waals surface area (Å²) in [6.45, 7) is 11.0. The van der Waals surface area contributed by atoms with E-state index >= 15 is 0 Å². The molecule has 0 atom stereocenters. The van der Waals surface area contributed by atoms with Crippen molar-refractivity contribution in [3.63, 3.8) is 0 Å². The molecule has 0 saturated carbocycles. The number of ether oxygens (including phenoxy) is 1. The van der Waals surface area contributed by atoms with Crippen molar-refractivity contribution in [3.05, 3.63) is 59.7 Å². The zero-order valence-electron chi connectivity index (χ0n) is 15.8. The van der Waals surface area contributed by atoms with Crippen molar-refractivity contribution in [2.45, 2.75) is 58.8 Å². The molecular weight excluding hydrogens is 311 g/mol. The molecule has 2 aromatic carbocycles. The number of aryl methyl sites for hydroxylation is 1. The quantitative estimate of drug-likeness (QED) is 0.768. The van der Waals surface area contributed by atoms with Gasteiger partial charge in [0.15, 0.2) is 0 Å². The van der Waals surface area contributed by atoms with Crippen LogP contribution in [0.15, 0.2) is 48.5 Å². The minimum absolute atomic E-state index is 0.328. The zero-order valence-corrected chi connectivity index (χ0v) is 15.8. The second-order valence-corrected chi connectivity index (χ2v) is 7.62. The molecule has 1 saturated heterocycles. The van der Waals surface area contributed by atoms with Crippen molar-refractivity contribution < 1.29 is 14.0 Å². The molecule has 0 unspecified atom stereocenters. The maximum Gasteiger partial charge on any atom is 0.494 e. The lowest BCUT2D eigenvalue weighted by molar-refractivity contribution is 0.00578. The maximum atomic E-state index is 6.13. The van der Waals surface area contributed by atoms with Gasteiger partial charge < -0.3 is 14.0 Å². The Hall–Kier alpha value is -1.78. The van der Waals surface area contributed by atoms with Gasteiger partial charge in [0.05, 0.1) is 11.2 Å². The molecule has 1 heterocycles. The summed E-state index contributed by atoms with van der Waals surface area (Å²) in [5, 5.41) is 0. The highest BCUT2D eigenvalue weighted by atomic mass is 16.7. The third-order valence-electron chi connectivity index (χ3n) is 5.21. The number of benzene rings is 2. The molecule has 4 heteroatoms. The summed E-state index contributed by atoms with van der Waals surface area (Å²) in [6, 6.07) is 16.5. The summed E-state index contributed by atoms with van der Waals surface area (Å²) in [5.41, 5.74) is 2.79. The molecule has 2 aromatic rings. The van der Waals surface area contributed by atoms with Crippen molar-refractivity contribution in [2.24, 2.45) is 0 Å². The van der Waals surface area contributed by atoms with Crippen LogP contribution in [0.4, 0.5) is 0 Å². The van der Waals surface area contributed by atoms with E-state index in [2.05, 4.69) is 58.9 Å². The third-order valence-corrected chi connectivity index (χ3v) is 5.21. The molecule has 132 valence electrons. The summed E-state index contributed by atoms with van der Waals surface area (Å²) in [7, 11) is -0.339. The fraction of sp³-hybridized carbons (Fsp3) is 0.429. The highest BCUT2D eigenvalue weighted by Crippen LogP contribution is 2.36. The predicted octanol–water partition coefficient (Wildman–Crippen LogP) is 4.13. The summed E-state index contributed by atoms with van der Waals surface area (Å²) < 4.78 is 18.2. The summed E-state index contributed by atoms with van der Waals surface area (Å²) >= 11 is 0. The van der Waals surface area contributed by atoms with E-state index in [1.165, 1.54) is 5.56 Å². The smallest absolute Gasteiger partial charge is 0.489 e. The van der Waals surface area contributed by atoms with Crippen LogP contribution in [0.1, 0.15) is 45.7 Å². The second kappa shape index (κ2) is 6.85. The molecular formula is C21H27BO3. The van der Waals surface area contributed by atoms with Crippen molar-refractivity contribution >= 4 is 12.6 Å². The van der Waals surface area contributed by atoms with Gasteiger partial charge in [-0.2, -0.15) is 0 Å².